The number of amides is 2. The second kappa shape index (κ2) is 6.76. The Hall–Kier alpha value is -1.93. The van der Waals surface area contributed by atoms with Crippen molar-refractivity contribution < 1.29 is 18.0 Å². The smallest absolute Gasteiger partial charge is 0.238 e. The minimum absolute atomic E-state index is 0.00613. The van der Waals surface area contributed by atoms with Crippen LogP contribution in [0.3, 0.4) is 0 Å². The number of anilines is 1. The van der Waals surface area contributed by atoms with Crippen LogP contribution in [0.15, 0.2) is 29.2 Å². The Balaban J connectivity index is 1.52. The van der Waals surface area contributed by atoms with Crippen molar-refractivity contribution in [2.75, 3.05) is 18.4 Å². The van der Waals surface area contributed by atoms with Crippen LogP contribution >= 0.6 is 0 Å². The number of nitrogens with two attached hydrogens (primary N) is 1. The number of hydrogen-bond donors (Lipinski definition) is 2. The van der Waals surface area contributed by atoms with E-state index in [4.69, 9.17) is 5.14 Å². The van der Waals surface area contributed by atoms with Crippen molar-refractivity contribution in [2.24, 2.45) is 22.9 Å². The summed E-state index contributed by atoms with van der Waals surface area (Å²) in [5.41, 5.74) is 0.530. The molecule has 3 N–H and O–H groups in total. The zero-order valence-electron chi connectivity index (χ0n) is 14.1. The maximum absolute atomic E-state index is 12.4. The quantitative estimate of drug-likeness (QED) is 0.834. The standard InChI is InChI=1S/C17H23N3O4S/c1-11-10-15(11)17(22)20-8-6-12(7-9-20)16(21)19-13-2-4-14(5-3-13)25(18,23)24/h2-5,11-12,15H,6-10H2,1H3,(H,19,21)(H2,18,23,24)/t11-,15-/m0/s1. The number of primary sulfonamides is 1. The molecule has 3 rings (SSSR count). The predicted molar refractivity (Wildman–Crippen MR) is 93.0 cm³/mol. The SMILES string of the molecule is C[C@H]1C[C@@H]1C(=O)N1CCC(C(=O)Nc2ccc(S(N)(=O)=O)cc2)CC1. The van der Waals surface area contributed by atoms with Crippen molar-refractivity contribution in [1.82, 2.24) is 4.90 Å². The van der Waals surface area contributed by atoms with Crippen molar-refractivity contribution in [1.29, 1.82) is 0 Å². The Bertz CT molecular complexity index is 768. The second-order valence-corrected chi connectivity index (χ2v) is 8.54. The lowest BCUT2D eigenvalue weighted by molar-refractivity contribution is -0.136. The van der Waals surface area contributed by atoms with E-state index in [0.29, 0.717) is 37.5 Å². The number of piperidine rings is 1. The largest absolute Gasteiger partial charge is 0.342 e. The van der Waals surface area contributed by atoms with E-state index < -0.39 is 10.0 Å². The molecule has 1 saturated carbocycles. The van der Waals surface area contributed by atoms with Crippen molar-refractivity contribution in [3.63, 3.8) is 0 Å². The number of carbonyl (C=O) groups excluding carboxylic acids is 2. The first-order chi connectivity index (χ1) is 11.8. The number of nitrogens with one attached hydrogen (secondary N) is 1. The van der Waals surface area contributed by atoms with Gasteiger partial charge in [0.05, 0.1) is 4.90 Å². The molecule has 2 fully saturated rings. The van der Waals surface area contributed by atoms with E-state index in [1.165, 1.54) is 24.3 Å². The van der Waals surface area contributed by atoms with Crippen LogP contribution < -0.4 is 10.5 Å². The van der Waals surface area contributed by atoms with Gasteiger partial charge in [0.2, 0.25) is 21.8 Å². The maximum Gasteiger partial charge on any atom is 0.238 e. The van der Waals surface area contributed by atoms with Gasteiger partial charge in [0.1, 0.15) is 0 Å². The van der Waals surface area contributed by atoms with Gasteiger partial charge in [-0.05, 0) is 49.4 Å². The number of likely N-dealkylation sites (tertiary alicyclic amines) is 1. The van der Waals surface area contributed by atoms with E-state index >= 15 is 0 Å². The Labute approximate surface area is 147 Å². The second-order valence-electron chi connectivity index (χ2n) is 6.98. The summed E-state index contributed by atoms with van der Waals surface area (Å²) in [6, 6.07) is 5.77. The van der Waals surface area contributed by atoms with Crippen LogP contribution in [-0.2, 0) is 19.6 Å². The van der Waals surface area contributed by atoms with E-state index in [1.54, 1.807) is 0 Å². The molecular weight excluding hydrogens is 342 g/mol. The van der Waals surface area contributed by atoms with Crippen LogP contribution in [-0.4, -0.2) is 38.2 Å². The van der Waals surface area contributed by atoms with E-state index in [-0.39, 0.29) is 28.5 Å². The van der Waals surface area contributed by atoms with Gasteiger partial charge in [-0.3, -0.25) is 9.59 Å². The van der Waals surface area contributed by atoms with Gasteiger partial charge in [0.25, 0.3) is 0 Å². The number of nitrogens with zero attached hydrogens (tertiary/aromatic N) is 1. The molecule has 2 aliphatic rings. The summed E-state index contributed by atoms with van der Waals surface area (Å²) in [6.07, 6.45) is 2.27. The normalized spacial score (nSPS) is 24.0. The Kier molecular flexibility index (Phi) is 4.83. The van der Waals surface area contributed by atoms with E-state index in [9.17, 15) is 18.0 Å². The lowest BCUT2D eigenvalue weighted by Gasteiger charge is -2.31. The first kappa shape index (κ1) is 17.9. The summed E-state index contributed by atoms with van der Waals surface area (Å²) in [7, 11) is -3.74. The van der Waals surface area contributed by atoms with E-state index in [0.717, 1.165) is 6.42 Å². The summed E-state index contributed by atoms with van der Waals surface area (Å²) < 4.78 is 22.5. The fraction of sp³-hybridized carbons (Fsp3) is 0.529. The third kappa shape index (κ3) is 4.19. The number of hydrogen-bond acceptors (Lipinski definition) is 4. The number of rotatable bonds is 4. The highest BCUT2D eigenvalue weighted by Gasteiger charge is 2.42. The predicted octanol–water partition coefficient (Wildman–Crippen LogP) is 1.17. The number of benzene rings is 1. The van der Waals surface area contributed by atoms with Gasteiger partial charge in [-0.2, -0.15) is 0 Å². The van der Waals surface area contributed by atoms with E-state index in [2.05, 4.69) is 12.2 Å². The minimum atomic E-state index is -3.74. The summed E-state index contributed by atoms with van der Waals surface area (Å²) in [5.74, 6) is 0.662. The van der Waals surface area contributed by atoms with Gasteiger partial charge in [0.15, 0.2) is 0 Å². The molecule has 1 aromatic carbocycles. The van der Waals surface area contributed by atoms with Gasteiger partial charge in [-0.15, -0.1) is 0 Å². The number of carbonyl (C=O) groups is 2. The fourth-order valence-electron chi connectivity index (χ4n) is 3.24. The van der Waals surface area contributed by atoms with Gasteiger partial charge in [-0.1, -0.05) is 6.92 Å². The number of sulfonamides is 1. The molecular formula is C17H23N3O4S. The molecule has 0 unspecified atom stereocenters. The summed E-state index contributed by atoms with van der Waals surface area (Å²) in [6.45, 7) is 3.32. The molecule has 2 atom stereocenters. The lowest BCUT2D eigenvalue weighted by atomic mass is 9.95. The highest BCUT2D eigenvalue weighted by molar-refractivity contribution is 7.89. The monoisotopic (exact) mass is 365 g/mol. The highest BCUT2D eigenvalue weighted by Crippen LogP contribution is 2.39. The summed E-state index contributed by atoms with van der Waals surface area (Å²) >= 11 is 0. The molecule has 1 heterocycles. The molecule has 0 spiro atoms. The zero-order chi connectivity index (χ0) is 18.2. The lowest BCUT2D eigenvalue weighted by Crippen LogP contribution is -2.42. The van der Waals surface area contributed by atoms with Crippen LogP contribution in [0, 0.1) is 17.8 Å². The van der Waals surface area contributed by atoms with Crippen LogP contribution in [0.25, 0.3) is 0 Å². The van der Waals surface area contributed by atoms with Crippen LogP contribution in [0.4, 0.5) is 5.69 Å². The third-order valence-corrected chi connectivity index (χ3v) is 5.98. The van der Waals surface area contributed by atoms with Gasteiger partial charge >= 0.3 is 0 Å². The van der Waals surface area contributed by atoms with Crippen molar-refractivity contribution in [2.45, 2.75) is 31.1 Å². The average Bonchev–Trinajstić information content (AvgIpc) is 3.31. The third-order valence-electron chi connectivity index (χ3n) is 5.05. The Morgan fingerprint density at radius 1 is 1.16 bits per heavy atom. The highest BCUT2D eigenvalue weighted by atomic mass is 32.2. The molecule has 25 heavy (non-hydrogen) atoms. The van der Waals surface area contributed by atoms with Crippen LogP contribution in [0.2, 0.25) is 0 Å². The first-order valence-corrected chi connectivity index (χ1v) is 10.0. The fourth-order valence-corrected chi connectivity index (χ4v) is 3.75. The average molecular weight is 365 g/mol. The zero-order valence-corrected chi connectivity index (χ0v) is 15.0. The Morgan fingerprint density at radius 2 is 1.72 bits per heavy atom. The maximum atomic E-state index is 12.4. The summed E-state index contributed by atoms with van der Waals surface area (Å²) in [4.78, 5) is 26.5. The minimum Gasteiger partial charge on any atom is -0.342 e. The van der Waals surface area contributed by atoms with E-state index in [1.807, 2.05) is 4.90 Å². The molecule has 1 aliphatic heterocycles. The molecule has 1 aromatic rings. The molecule has 1 saturated heterocycles. The molecule has 2 amide bonds. The topological polar surface area (TPSA) is 110 Å². The molecule has 136 valence electrons. The molecule has 0 radical (unpaired) electrons. The van der Waals surface area contributed by atoms with Gasteiger partial charge in [0, 0.05) is 30.6 Å². The van der Waals surface area contributed by atoms with Crippen molar-refractivity contribution >= 4 is 27.5 Å². The molecule has 7 nitrogen and oxygen atoms in total. The Morgan fingerprint density at radius 3 is 2.20 bits per heavy atom. The van der Waals surface area contributed by atoms with Crippen molar-refractivity contribution in [3.8, 4) is 0 Å². The molecule has 8 heteroatoms. The van der Waals surface area contributed by atoms with Gasteiger partial charge < -0.3 is 10.2 Å². The molecule has 0 bridgehead atoms. The first-order valence-electron chi connectivity index (χ1n) is 8.48. The van der Waals surface area contributed by atoms with Crippen molar-refractivity contribution in [3.05, 3.63) is 24.3 Å². The molecule has 0 aromatic heterocycles. The molecule has 1 aliphatic carbocycles. The summed E-state index contributed by atoms with van der Waals surface area (Å²) in [5, 5.41) is 7.85. The van der Waals surface area contributed by atoms with Gasteiger partial charge in [-0.25, -0.2) is 13.6 Å². The van der Waals surface area contributed by atoms with Crippen LogP contribution in [0.5, 0.6) is 0 Å². The van der Waals surface area contributed by atoms with Crippen LogP contribution in [0.1, 0.15) is 26.2 Å².